The van der Waals surface area contributed by atoms with Gasteiger partial charge < -0.3 is 56.8 Å². The Morgan fingerprint density at radius 1 is 0.418 bits per heavy atom. The van der Waals surface area contributed by atoms with Gasteiger partial charge in [-0.2, -0.15) is 0 Å². The minimum atomic E-state index is -2.70. The topological polar surface area (TPSA) is 281 Å². The fourth-order valence-corrected chi connectivity index (χ4v) is 5.99. The van der Waals surface area contributed by atoms with Crippen molar-refractivity contribution in [3.8, 4) is 0 Å². The van der Waals surface area contributed by atoms with Gasteiger partial charge in [0.1, 0.15) is 31.5 Å². The van der Waals surface area contributed by atoms with E-state index in [1.165, 1.54) is 0 Å². The van der Waals surface area contributed by atoms with E-state index in [-0.39, 0.29) is 0 Å². The first kappa shape index (κ1) is 45.8. The Balaban J connectivity index is 3.14. The van der Waals surface area contributed by atoms with E-state index in [0.29, 0.717) is 0 Å². The molecule has 308 valence electrons. The summed E-state index contributed by atoms with van der Waals surface area (Å²) in [7, 11) is 0. The molecule has 0 aromatic carbocycles. The largest absolute Gasteiger partial charge is 0.463 e. The maximum absolute atomic E-state index is 12.9. The smallest absolute Gasteiger partial charge is 0.305 e. The zero-order chi connectivity index (χ0) is 41.9. The molecule has 55 heavy (non-hydrogen) atoms. The summed E-state index contributed by atoms with van der Waals surface area (Å²) in [5.74, 6) is -10.5. The lowest BCUT2D eigenvalue weighted by molar-refractivity contribution is -0.339. The van der Waals surface area contributed by atoms with Gasteiger partial charge in [-0.25, -0.2) is 0 Å². The summed E-state index contributed by atoms with van der Waals surface area (Å²) in [6.07, 6.45) is -19.6. The third kappa shape index (κ3) is 12.9. The van der Waals surface area contributed by atoms with Gasteiger partial charge in [0.25, 0.3) is 0 Å². The van der Waals surface area contributed by atoms with Crippen LogP contribution in [0.2, 0.25) is 0 Å². The van der Waals surface area contributed by atoms with E-state index in [2.05, 4.69) is 0 Å². The highest BCUT2D eigenvalue weighted by atomic mass is 16.8. The molecule has 1 aliphatic heterocycles. The van der Waals surface area contributed by atoms with E-state index >= 15 is 0 Å². The number of carbonyl (C=O) groups excluding carboxylic acids is 10. The van der Waals surface area contributed by atoms with Gasteiger partial charge in [0.2, 0.25) is 18.0 Å². The highest BCUT2D eigenvalue weighted by Crippen LogP contribution is 2.44. The van der Waals surface area contributed by atoms with E-state index in [4.69, 9.17) is 56.8 Å². The summed E-state index contributed by atoms with van der Waals surface area (Å²) in [4.78, 5) is 125. The minimum Gasteiger partial charge on any atom is -0.463 e. The fraction of sp³-hybridized carbons (Fsp3) is 0.697. The molecule has 22 nitrogen and oxygen atoms in total. The monoisotopic (exact) mass is 792 g/mol. The molecular weight excluding hydrogens is 748 g/mol. The molecular formula is C33H44O22. The van der Waals surface area contributed by atoms with Crippen LogP contribution in [0.1, 0.15) is 69.2 Å². The van der Waals surface area contributed by atoms with Crippen molar-refractivity contribution in [3.05, 3.63) is 0 Å². The Hall–Kier alpha value is -5.38. The van der Waals surface area contributed by atoms with Gasteiger partial charge in [-0.3, -0.25) is 47.9 Å². The number of hydrogen-bond donors (Lipinski definition) is 0. The van der Waals surface area contributed by atoms with Crippen LogP contribution in [-0.2, 0) is 105 Å². The molecule has 1 saturated carbocycles. The van der Waals surface area contributed by atoms with Crippen molar-refractivity contribution in [2.45, 2.75) is 136 Å². The van der Waals surface area contributed by atoms with Crippen molar-refractivity contribution >= 4 is 59.7 Å². The summed E-state index contributed by atoms with van der Waals surface area (Å²) in [5, 5.41) is 0. The first-order valence-electron chi connectivity index (χ1n) is 16.5. The predicted molar refractivity (Wildman–Crippen MR) is 170 cm³/mol. The lowest BCUT2D eigenvalue weighted by Gasteiger charge is -2.54. The molecule has 2 aliphatic rings. The van der Waals surface area contributed by atoms with Crippen LogP contribution in [-0.4, -0.2) is 140 Å². The third-order valence-electron chi connectivity index (χ3n) is 7.47. The highest BCUT2D eigenvalue weighted by Gasteiger charge is 2.70. The van der Waals surface area contributed by atoms with Crippen LogP contribution in [0.4, 0.5) is 0 Å². The van der Waals surface area contributed by atoms with Crippen LogP contribution in [0.3, 0.4) is 0 Å². The molecule has 2 fully saturated rings. The third-order valence-corrected chi connectivity index (χ3v) is 7.47. The SMILES string of the molecule is CC(=O)OC[C@H]1O[C@H](OC(C)=O)[C@H](OC(C)=O)[C@@H](OC(C)=O)[C@@H]1O[C@@H]1[C@H](OC(C)=O)[C@@H](OC(C)=O)[C@H](OC(C)=O)[C@](COC(C)=O)(OC(C)=O)[C@H]1OC(C)=O. The molecule has 0 spiro atoms. The number of ether oxygens (including phenoxy) is 12. The Morgan fingerprint density at radius 3 is 1.24 bits per heavy atom. The van der Waals surface area contributed by atoms with Crippen molar-refractivity contribution in [3.63, 3.8) is 0 Å². The Kier molecular flexibility index (Phi) is 16.5. The second-order valence-electron chi connectivity index (χ2n) is 12.2. The Morgan fingerprint density at radius 2 is 0.818 bits per heavy atom. The zero-order valence-electron chi connectivity index (χ0n) is 31.7. The number of carbonyl (C=O) groups is 10. The van der Waals surface area contributed by atoms with Crippen LogP contribution < -0.4 is 0 Å². The van der Waals surface area contributed by atoms with Crippen molar-refractivity contribution in [2.75, 3.05) is 13.2 Å². The maximum atomic E-state index is 12.9. The van der Waals surface area contributed by atoms with Crippen LogP contribution in [0, 0.1) is 0 Å². The zero-order valence-corrected chi connectivity index (χ0v) is 31.7. The minimum absolute atomic E-state index is 0.766. The number of rotatable bonds is 14. The second-order valence-corrected chi connectivity index (χ2v) is 12.2. The molecule has 0 aromatic rings. The molecule has 0 unspecified atom stereocenters. The molecule has 2 rings (SSSR count). The molecule has 0 N–H and O–H groups in total. The van der Waals surface area contributed by atoms with Crippen LogP contribution in [0.5, 0.6) is 0 Å². The molecule has 0 amide bonds. The van der Waals surface area contributed by atoms with Gasteiger partial charge in [-0.1, -0.05) is 0 Å². The maximum Gasteiger partial charge on any atom is 0.305 e. The van der Waals surface area contributed by atoms with Gasteiger partial charge in [0.15, 0.2) is 30.5 Å². The van der Waals surface area contributed by atoms with Gasteiger partial charge in [0.05, 0.1) is 0 Å². The molecule has 1 heterocycles. The van der Waals surface area contributed by atoms with Crippen molar-refractivity contribution in [1.82, 2.24) is 0 Å². The normalized spacial score (nSPS) is 29.9. The van der Waals surface area contributed by atoms with Crippen molar-refractivity contribution in [2.24, 2.45) is 0 Å². The first-order chi connectivity index (χ1) is 25.5. The quantitative estimate of drug-likeness (QED) is 0.151. The van der Waals surface area contributed by atoms with Gasteiger partial charge >= 0.3 is 59.7 Å². The standard InChI is InChI=1S/C33H44O22/c1-13(34)44-11-23-24(25(46-15(3)36)29(49-18(6)39)32(53-23)52-21(9)42)54-28-26(47-16(4)37)27(48-17(5)38)30(50-19(7)40)33(55-22(10)43,12-45-14(2)35)31(28)51-20(8)41/h23-32H,11-12H2,1-10H3/t23-,24-,25+,26-,27-,28-,29-,30+,31+,32+,33+/m1/s1. The molecule has 0 bridgehead atoms. The summed E-state index contributed by atoms with van der Waals surface area (Å²) in [6, 6.07) is 0. The first-order valence-corrected chi connectivity index (χ1v) is 16.5. The summed E-state index contributed by atoms with van der Waals surface area (Å²) < 4.78 is 66.7. The Bertz CT molecular complexity index is 1510. The van der Waals surface area contributed by atoms with Crippen LogP contribution >= 0.6 is 0 Å². The van der Waals surface area contributed by atoms with Crippen LogP contribution in [0.15, 0.2) is 0 Å². The average Bonchev–Trinajstić information content (AvgIpc) is 3.01. The highest BCUT2D eigenvalue weighted by molar-refractivity contribution is 5.72. The van der Waals surface area contributed by atoms with E-state index < -0.39 is 140 Å². The summed E-state index contributed by atoms with van der Waals surface area (Å²) in [6.45, 7) is 7.44. The van der Waals surface area contributed by atoms with E-state index in [1.54, 1.807) is 0 Å². The van der Waals surface area contributed by atoms with Crippen LogP contribution in [0.25, 0.3) is 0 Å². The number of hydrogen-bond acceptors (Lipinski definition) is 22. The molecule has 1 aliphatic carbocycles. The Labute approximate surface area is 313 Å². The van der Waals surface area contributed by atoms with Gasteiger partial charge in [-0.05, 0) is 0 Å². The average molecular weight is 793 g/mol. The van der Waals surface area contributed by atoms with Crippen molar-refractivity contribution < 1.29 is 105 Å². The van der Waals surface area contributed by atoms with E-state index in [1.807, 2.05) is 0 Å². The van der Waals surface area contributed by atoms with E-state index in [9.17, 15) is 47.9 Å². The predicted octanol–water partition coefficient (Wildman–Crippen LogP) is -0.940. The van der Waals surface area contributed by atoms with Crippen molar-refractivity contribution in [1.29, 1.82) is 0 Å². The van der Waals surface area contributed by atoms with E-state index in [0.717, 1.165) is 69.2 Å². The molecule has 0 aromatic heterocycles. The fourth-order valence-electron chi connectivity index (χ4n) is 5.99. The lowest BCUT2D eigenvalue weighted by Crippen LogP contribution is -2.77. The summed E-state index contributed by atoms with van der Waals surface area (Å²) in [5.41, 5.74) is -2.70. The van der Waals surface area contributed by atoms with Gasteiger partial charge in [0, 0.05) is 69.2 Å². The lowest BCUT2D eigenvalue weighted by atomic mass is 9.73. The number of esters is 10. The second kappa shape index (κ2) is 19.8. The molecule has 0 radical (unpaired) electrons. The molecule has 22 heteroatoms. The van der Waals surface area contributed by atoms with Gasteiger partial charge in [-0.15, -0.1) is 0 Å². The molecule has 11 atom stereocenters. The summed E-state index contributed by atoms with van der Waals surface area (Å²) >= 11 is 0. The molecule has 1 saturated heterocycles.